The number of nitrogens with two attached hydrogens (primary N) is 1. The van der Waals surface area contributed by atoms with Crippen molar-refractivity contribution in [2.75, 3.05) is 5.73 Å². The highest BCUT2D eigenvalue weighted by molar-refractivity contribution is 6.33. The Kier molecular flexibility index (Phi) is 3.25. The van der Waals surface area contributed by atoms with Gasteiger partial charge in [-0.25, -0.2) is 4.79 Å². The number of hydrogen-bond donors (Lipinski definition) is 1. The third kappa shape index (κ3) is 3.44. The molecule has 0 atom stereocenters. The fourth-order valence-corrected chi connectivity index (χ4v) is 1.17. The highest BCUT2D eigenvalue weighted by Crippen LogP contribution is 2.21. The Morgan fingerprint density at radius 3 is 2.47 bits per heavy atom. The van der Waals surface area contributed by atoms with Gasteiger partial charge in [0, 0.05) is 0 Å². The number of ether oxygens (including phenoxy) is 1. The number of carbonyl (C=O) groups excluding carboxylic acids is 1. The van der Waals surface area contributed by atoms with E-state index in [1.807, 2.05) is 20.8 Å². The first kappa shape index (κ1) is 11.9. The SMILES string of the molecule is CC(C)(C)OC(=O)c1ccc(N)c(Cl)c1. The molecule has 1 aromatic carbocycles. The third-order valence-electron chi connectivity index (χ3n) is 1.64. The maximum Gasteiger partial charge on any atom is 0.338 e. The number of hydrogen-bond acceptors (Lipinski definition) is 3. The Morgan fingerprint density at radius 2 is 2.00 bits per heavy atom. The topological polar surface area (TPSA) is 52.3 Å². The molecule has 0 radical (unpaired) electrons. The van der Waals surface area contributed by atoms with Gasteiger partial charge in [-0.2, -0.15) is 0 Å². The molecule has 0 aliphatic heterocycles. The van der Waals surface area contributed by atoms with Crippen LogP contribution in [0.25, 0.3) is 0 Å². The number of rotatable bonds is 1. The molecule has 3 nitrogen and oxygen atoms in total. The van der Waals surface area contributed by atoms with Crippen LogP contribution in [0.2, 0.25) is 5.02 Å². The Bertz CT molecular complexity index is 383. The highest BCUT2D eigenvalue weighted by Gasteiger charge is 2.18. The van der Waals surface area contributed by atoms with E-state index in [2.05, 4.69) is 0 Å². The van der Waals surface area contributed by atoms with Crippen LogP contribution in [0, 0.1) is 0 Å². The van der Waals surface area contributed by atoms with E-state index in [1.165, 1.54) is 6.07 Å². The van der Waals surface area contributed by atoms with Crippen LogP contribution in [0.4, 0.5) is 5.69 Å². The van der Waals surface area contributed by atoms with Crippen molar-refractivity contribution in [2.24, 2.45) is 0 Å². The third-order valence-corrected chi connectivity index (χ3v) is 1.96. The highest BCUT2D eigenvalue weighted by atomic mass is 35.5. The van der Waals surface area contributed by atoms with E-state index in [9.17, 15) is 4.79 Å². The van der Waals surface area contributed by atoms with Crippen LogP contribution in [0.15, 0.2) is 18.2 Å². The molecule has 0 aliphatic carbocycles. The minimum atomic E-state index is -0.509. The minimum Gasteiger partial charge on any atom is -0.456 e. The van der Waals surface area contributed by atoms with E-state index in [1.54, 1.807) is 12.1 Å². The lowest BCUT2D eigenvalue weighted by Crippen LogP contribution is -2.23. The quantitative estimate of drug-likeness (QED) is 0.593. The van der Waals surface area contributed by atoms with Crippen LogP contribution in [0.5, 0.6) is 0 Å². The predicted octanol–water partition coefficient (Wildman–Crippen LogP) is 2.88. The second-order valence-corrected chi connectivity index (χ2v) is 4.65. The van der Waals surface area contributed by atoms with Gasteiger partial charge >= 0.3 is 5.97 Å². The maximum absolute atomic E-state index is 11.6. The van der Waals surface area contributed by atoms with Crippen molar-refractivity contribution in [3.63, 3.8) is 0 Å². The fourth-order valence-electron chi connectivity index (χ4n) is 0.991. The Morgan fingerprint density at radius 1 is 1.40 bits per heavy atom. The van der Waals surface area contributed by atoms with Crippen LogP contribution >= 0.6 is 11.6 Å². The van der Waals surface area contributed by atoms with Crippen molar-refractivity contribution in [2.45, 2.75) is 26.4 Å². The van der Waals surface area contributed by atoms with Crippen molar-refractivity contribution in [3.05, 3.63) is 28.8 Å². The first-order valence-electron chi connectivity index (χ1n) is 4.58. The summed E-state index contributed by atoms with van der Waals surface area (Å²) in [4.78, 5) is 11.6. The normalized spacial score (nSPS) is 11.2. The lowest BCUT2D eigenvalue weighted by molar-refractivity contribution is 0.00696. The van der Waals surface area contributed by atoms with E-state index >= 15 is 0 Å². The number of benzene rings is 1. The van der Waals surface area contributed by atoms with Gasteiger partial charge in [0.15, 0.2) is 0 Å². The summed E-state index contributed by atoms with van der Waals surface area (Å²) in [6, 6.07) is 4.68. The molecule has 0 unspecified atom stereocenters. The van der Waals surface area contributed by atoms with Crippen LogP contribution in [0.3, 0.4) is 0 Å². The largest absolute Gasteiger partial charge is 0.456 e. The fraction of sp³-hybridized carbons (Fsp3) is 0.364. The first-order valence-corrected chi connectivity index (χ1v) is 4.96. The molecule has 0 amide bonds. The summed E-state index contributed by atoms with van der Waals surface area (Å²) in [5.74, 6) is -0.399. The molecule has 0 spiro atoms. The summed E-state index contributed by atoms with van der Waals surface area (Å²) < 4.78 is 5.18. The van der Waals surface area contributed by atoms with Crippen molar-refractivity contribution < 1.29 is 9.53 Å². The summed E-state index contributed by atoms with van der Waals surface area (Å²) in [5.41, 5.74) is 5.88. The zero-order valence-corrected chi connectivity index (χ0v) is 9.76. The van der Waals surface area contributed by atoms with E-state index < -0.39 is 11.6 Å². The second kappa shape index (κ2) is 4.11. The molecule has 0 fully saturated rings. The maximum atomic E-state index is 11.6. The van der Waals surface area contributed by atoms with Crippen LogP contribution in [-0.4, -0.2) is 11.6 Å². The summed E-state index contributed by atoms with van der Waals surface area (Å²) in [6.07, 6.45) is 0. The number of carbonyl (C=O) groups is 1. The molecule has 1 aromatic rings. The van der Waals surface area contributed by atoms with Gasteiger partial charge in [-0.3, -0.25) is 0 Å². The van der Waals surface area contributed by atoms with Crippen LogP contribution in [-0.2, 0) is 4.74 Å². The van der Waals surface area contributed by atoms with Gasteiger partial charge in [0.05, 0.1) is 16.3 Å². The summed E-state index contributed by atoms with van der Waals surface area (Å²) >= 11 is 5.80. The molecule has 0 saturated heterocycles. The smallest absolute Gasteiger partial charge is 0.338 e. The zero-order valence-electron chi connectivity index (χ0n) is 9.00. The summed E-state index contributed by atoms with van der Waals surface area (Å²) in [6.45, 7) is 5.43. The average Bonchev–Trinajstić information content (AvgIpc) is 2.06. The summed E-state index contributed by atoms with van der Waals surface area (Å²) in [5, 5.41) is 0.360. The summed E-state index contributed by atoms with van der Waals surface area (Å²) in [7, 11) is 0. The van der Waals surface area contributed by atoms with Gasteiger partial charge in [-0.15, -0.1) is 0 Å². The van der Waals surface area contributed by atoms with E-state index in [0.29, 0.717) is 16.3 Å². The average molecular weight is 228 g/mol. The molecule has 0 heterocycles. The van der Waals surface area contributed by atoms with Gasteiger partial charge < -0.3 is 10.5 Å². The molecule has 4 heteroatoms. The van der Waals surface area contributed by atoms with Crippen LogP contribution < -0.4 is 5.73 Å². The Hall–Kier alpha value is -1.22. The molecule has 0 aromatic heterocycles. The molecule has 1 rings (SSSR count). The lowest BCUT2D eigenvalue weighted by atomic mass is 10.1. The van der Waals surface area contributed by atoms with Crippen molar-refractivity contribution >= 4 is 23.3 Å². The van der Waals surface area contributed by atoms with Crippen molar-refractivity contribution in [1.82, 2.24) is 0 Å². The van der Waals surface area contributed by atoms with E-state index in [0.717, 1.165) is 0 Å². The molecule has 15 heavy (non-hydrogen) atoms. The standard InChI is InChI=1S/C11H14ClNO2/c1-11(2,3)15-10(14)7-4-5-9(13)8(12)6-7/h4-6H,13H2,1-3H3. The molecular weight excluding hydrogens is 214 g/mol. The van der Waals surface area contributed by atoms with E-state index in [4.69, 9.17) is 22.1 Å². The monoisotopic (exact) mass is 227 g/mol. The van der Waals surface area contributed by atoms with Gasteiger partial charge in [0.1, 0.15) is 5.60 Å². The first-order chi connectivity index (χ1) is 6.79. The molecule has 2 N–H and O–H groups in total. The predicted molar refractivity (Wildman–Crippen MR) is 61.0 cm³/mol. The van der Waals surface area contributed by atoms with Gasteiger partial charge in [0.25, 0.3) is 0 Å². The lowest BCUT2D eigenvalue weighted by Gasteiger charge is -2.19. The van der Waals surface area contributed by atoms with Crippen molar-refractivity contribution in [1.29, 1.82) is 0 Å². The van der Waals surface area contributed by atoms with Crippen molar-refractivity contribution in [3.8, 4) is 0 Å². The second-order valence-electron chi connectivity index (χ2n) is 4.24. The zero-order chi connectivity index (χ0) is 11.6. The minimum absolute atomic E-state index is 0.360. The molecular formula is C11H14ClNO2. The Labute approximate surface area is 94.2 Å². The number of halogens is 1. The number of esters is 1. The van der Waals surface area contributed by atoms with Gasteiger partial charge in [-0.1, -0.05) is 11.6 Å². The van der Waals surface area contributed by atoms with Gasteiger partial charge in [0.2, 0.25) is 0 Å². The molecule has 0 bridgehead atoms. The van der Waals surface area contributed by atoms with Crippen LogP contribution in [0.1, 0.15) is 31.1 Å². The van der Waals surface area contributed by atoms with Gasteiger partial charge in [-0.05, 0) is 39.0 Å². The molecule has 82 valence electrons. The number of anilines is 1. The molecule has 0 saturated carbocycles. The molecule has 0 aliphatic rings. The van der Waals surface area contributed by atoms with E-state index in [-0.39, 0.29) is 0 Å². The number of nitrogen functional groups attached to an aromatic ring is 1. The Balaban J connectivity index is 2.88.